The van der Waals surface area contributed by atoms with Gasteiger partial charge in [-0.1, -0.05) is 36.2 Å². The fourth-order valence-corrected chi connectivity index (χ4v) is 2.85. The quantitative estimate of drug-likeness (QED) is 0.637. The zero-order valence-electron chi connectivity index (χ0n) is 9.92. The van der Waals surface area contributed by atoms with Crippen LogP contribution >= 0.6 is 23.2 Å². The second-order valence-electron chi connectivity index (χ2n) is 4.87. The van der Waals surface area contributed by atoms with Gasteiger partial charge >= 0.3 is 0 Å². The summed E-state index contributed by atoms with van der Waals surface area (Å²) in [6.07, 6.45) is 3.41. The van der Waals surface area contributed by atoms with E-state index < -0.39 is 0 Å². The van der Waals surface area contributed by atoms with Crippen molar-refractivity contribution in [3.05, 3.63) is 33.8 Å². The maximum absolute atomic E-state index is 6.18. The molecule has 4 heteroatoms. The van der Waals surface area contributed by atoms with E-state index in [1.807, 2.05) is 18.2 Å². The molecule has 1 saturated carbocycles. The smallest absolute Gasteiger partial charge is 0.0453 e. The third-order valence-corrected chi connectivity index (χ3v) is 4.41. The zero-order chi connectivity index (χ0) is 12.4. The van der Waals surface area contributed by atoms with E-state index >= 15 is 0 Å². The molecule has 1 fully saturated rings. The van der Waals surface area contributed by atoms with Crippen LogP contribution in [0.25, 0.3) is 0 Å². The first-order valence-corrected chi connectivity index (χ1v) is 6.78. The van der Waals surface area contributed by atoms with E-state index in [1.165, 1.54) is 12.8 Å². The molecule has 0 amide bonds. The van der Waals surface area contributed by atoms with Gasteiger partial charge in [-0.05, 0) is 48.8 Å². The molecule has 0 spiro atoms. The van der Waals surface area contributed by atoms with Crippen LogP contribution in [0.2, 0.25) is 10.0 Å². The minimum atomic E-state index is 0.236. The van der Waals surface area contributed by atoms with Gasteiger partial charge in [0, 0.05) is 16.1 Å². The summed E-state index contributed by atoms with van der Waals surface area (Å²) in [4.78, 5) is 0. The first kappa shape index (κ1) is 13.2. The summed E-state index contributed by atoms with van der Waals surface area (Å²) in [5.41, 5.74) is 3.90. The molecule has 0 heterocycles. The molecule has 2 unspecified atom stereocenters. The van der Waals surface area contributed by atoms with Gasteiger partial charge in [0.2, 0.25) is 0 Å². The number of benzene rings is 1. The third-order valence-electron chi connectivity index (χ3n) is 3.70. The van der Waals surface area contributed by atoms with Crippen molar-refractivity contribution in [1.82, 2.24) is 5.43 Å². The van der Waals surface area contributed by atoms with E-state index in [0.717, 1.165) is 27.9 Å². The van der Waals surface area contributed by atoms with Crippen LogP contribution in [0.4, 0.5) is 0 Å². The minimum absolute atomic E-state index is 0.236. The van der Waals surface area contributed by atoms with Gasteiger partial charge in [0.25, 0.3) is 0 Å². The highest BCUT2D eigenvalue weighted by molar-refractivity contribution is 6.36. The van der Waals surface area contributed by atoms with E-state index in [2.05, 4.69) is 12.3 Å². The molecule has 1 aliphatic carbocycles. The SMILES string of the molecule is CC(C1CC1)C(Cc1c(Cl)cccc1Cl)NN. The summed E-state index contributed by atoms with van der Waals surface area (Å²) < 4.78 is 0. The fourth-order valence-electron chi connectivity index (χ4n) is 2.29. The van der Waals surface area contributed by atoms with Crippen LogP contribution < -0.4 is 11.3 Å². The van der Waals surface area contributed by atoms with Gasteiger partial charge in [0.1, 0.15) is 0 Å². The van der Waals surface area contributed by atoms with Crippen LogP contribution in [0.3, 0.4) is 0 Å². The summed E-state index contributed by atoms with van der Waals surface area (Å²) in [5, 5.41) is 1.45. The van der Waals surface area contributed by atoms with Gasteiger partial charge in [-0.2, -0.15) is 0 Å². The summed E-state index contributed by atoms with van der Waals surface area (Å²) in [5.74, 6) is 7.02. The summed E-state index contributed by atoms with van der Waals surface area (Å²) in [6.45, 7) is 2.24. The standard InChI is InChI=1S/C13H18Cl2N2/c1-8(9-5-6-9)13(17-16)7-10-11(14)3-2-4-12(10)15/h2-4,8-9,13,17H,5-7,16H2,1H3. The molecule has 1 aliphatic rings. The third kappa shape index (κ3) is 3.14. The highest BCUT2D eigenvalue weighted by Gasteiger charge is 2.33. The average molecular weight is 273 g/mol. The van der Waals surface area contributed by atoms with Crippen LogP contribution in [-0.2, 0) is 6.42 Å². The molecular formula is C13H18Cl2N2. The highest BCUT2D eigenvalue weighted by Crippen LogP contribution is 2.39. The molecule has 2 nitrogen and oxygen atoms in total. The molecule has 17 heavy (non-hydrogen) atoms. The molecule has 3 N–H and O–H groups in total. The molecule has 1 aromatic rings. The van der Waals surface area contributed by atoms with Crippen molar-refractivity contribution in [3.8, 4) is 0 Å². The van der Waals surface area contributed by atoms with Gasteiger partial charge in [0.05, 0.1) is 0 Å². The first-order valence-electron chi connectivity index (χ1n) is 6.02. The van der Waals surface area contributed by atoms with E-state index in [1.54, 1.807) is 0 Å². The van der Waals surface area contributed by atoms with Crippen molar-refractivity contribution >= 4 is 23.2 Å². The Kier molecular flexibility index (Phi) is 4.31. The largest absolute Gasteiger partial charge is 0.271 e. The Hall–Kier alpha value is -0.280. The Balaban J connectivity index is 2.12. The second kappa shape index (κ2) is 5.57. The van der Waals surface area contributed by atoms with Crippen LogP contribution in [-0.4, -0.2) is 6.04 Å². The van der Waals surface area contributed by atoms with Crippen LogP contribution in [0, 0.1) is 11.8 Å². The molecule has 2 atom stereocenters. The highest BCUT2D eigenvalue weighted by atomic mass is 35.5. The van der Waals surface area contributed by atoms with E-state index in [-0.39, 0.29) is 6.04 Å². The Bertz CT molecular complexity index is 371. The lowest BCUT2D eigenvalue weighted by molar-refractivity contribution is 0.343. The zero-order valence-corrected chi connectivity index (χ0v) is 11.4. The number of hydrogen-bond donors (Lipinski definition) is 2. The molecule has 0 aromatic heterocycles. The molecule has 0 saturated heterocycles. The molecule has 94 valence electrons. The van der Waals surface area contributed by atoms with Crippen LogP contribution in [0.1, 0.15) is 25.3 Å². The van der Waals surface area contributed by atoms with Gasteiger partial charge < -0.3 is 0 Å². The summed E-state index contributed by atoms with van der Waals surface area (Å²) in [7, 11) is 0. The predicted molar refractivity (Wildman–Crippen MR) is 73.2 cm³/mol. The number of hydrogen-bond acceptors (Lipinski definition) is 2. The van der Waals surface area contributed by atoms with Crippen molar-refractivity contribution in [2.24, 2.45) is 17.7 Å². The number of rotatable bonds is 5. The normalized spacial score (nSPS) is 19.1. The van der Waals surface area contributed by atoms with Gasteiger partial charge in [-0.15, -0.1) is 0 Å². The number of halogens is 2. The summed E-state index contributed by atoms with van der Waals surface area (Å²) in [6, 6.07) is 5.85. The van der Waals surface area contributed by atoms with Crippen molar-refractivity contribution < 1.29 is 0 Å². The Labute approximate surface area is 112 Å². The minimum Gasteiger partial charge on any atom is -0.271 e. The number of nitrogens with one attached hydrogen (secondary N) is 1. The Morgan fingerprint density at radius 3 is 2.41 bits per heavy atom. The number of nitrogens with two attached hydrogens (primary N) is 1. The number of hydrazine groups is 1. The molecule has 0 bridgehead atoms. The Morgan fingerprint density at radius 2 is 1.94 bits per heavy atom. The molecule has 1 aromatic carbocycles. The lowest BCUT2D eigenvalue weighted by Gasteiger charge is -2.24. The lowest BCUT2D eigenvalue weighted by Crippen LogP contribution is -2.42. The van der Waals surface area contributed by atoms with Gasteiger partial charge in [0.15, 0.2) is 0 Å². The maximum atomic E-state index is 6.18. The molecule has 2 rings (SSSR count). The van der Waals surface area contributed by atoms with E-state index in [9.17, 15) is 0 Å². The Morgan fingerprint density at radius 1 is 1.35 bits per heavy atom. The first-order chi connectivity index (χ1) is 8.13. The van der Waals surface area contributed by atoms with Gasteiger partial charge in [-0.3, -0.25) is 11.3 Å². The lowest BCUT2D eigenvalue weighted by atomic mass is 9.91. The summed E-state index contributed by atoms with van der Waals surface area (Å²) >= 11 is 12.4. The van der Waals surface area contributed by atoms with Crippen molar-refractivity contribution in [2.45, 2.75) is 32.2 Å². The topological polar surface area (TPSA) is 38.0 Å². The van der Waals surface area contributed by atoms with E-state index in [4.69, 9.17) is 29.0 Å². The molecule has 0 aliphatic heterocycles. The van der Waals surface area contributed by atoms with Crippen molar-refractivity contribution in [1.29, 1.82) is 0 Å². The van der Waals surface area contributed by atoms with Crippen molar-refractivity contribution in [3.63, 3.8) is 0 Å². The average Bonchev–Trinajstić information content (AvgIpc) is 3.12. The maximum Gasteiger partial charge on any atom is 0.0453 e. The van der Waals surface area contributed by atoms with E-state index in [0.29, 0.717) is 5.92 Å². The second-order valence-corrected chi connectivity index (χ2v) is 5.69. The van der Waals surface area contributed by atoms with Gasteiger partial charge in [-0.25, -0.2) is 0 Å². The molecule has 0 radical (unpaired) electrons. The monoisotopic (exact) mass is 272 g/mol. The van der Waals surface area contributed by atoms with Crippen LogP contribution in [0.5, 0.6) is 0 Å². The molecular weight excluding hydrogens is 255 g/mol. The van der Waals surface area contributed by atoms with Crippen molar-refractivity contribution in [2.75, 3.05) is 0 Å². The predicted octanol–water partition coefficient (Wildman–Crippen LogP) is 3.41. The fraction of sp³-hybridized carbons (Fsp3) is 0.538. The van der Waals surface area contributed by atoms with Crippen LogP contribution in [0.15, 0.2) is 18.2 Å².